The van der Waals surface area contributed by atoms with Crippen LogP contribution in [0.1, 0.15) is 0 Å². The number of benzene rings is 5. The highest BCUT2D eigenvalue weighted by atomic mass is 27.2. The van der Waals surface area contributed by atoms with Crippen LogP contribution in [0.25, 0.3) is 54.3 Å². The van der Waals surface area contributed by atoms with E-state index in [-0.39, 0.29) is 0 Å². The van der Waals surface area contributed by atoms with E-state index in [1.165, 1.54) is 71.3 Å². The van der Waals surface area contributed by atoms with Crippen LogP contribution < -0.4 is 4.90 Å². The number of aromatic nitrogens is 3. The SMILES string of the molecule is c1cc2c3c(c1)ccc1ccc4cc[n](c4c13)[Al]1[n]3ccc4cccc(c43)N2c2cccc3cc[n]1c23. The van der Waals surface area contributed by atoms with Gasteiger partial charge in [-0.3, -0.25) is 0 Å². The van der Waals surface area contributed by atoms with Crippen molar-refractivity contribution >= 4 is 86.1 Å². The van der Waals surface area contributed by atoms with Gasteiger partial charge in [-0.25, -0.2) is 0 Å². The Labute approximate surface area is 216 Å². The van der Waals surface area contributed by atoms with Gasteiger partial charge in [0.05, 0.1) is 28.1 Å². The second-order valence-electron chi connectivity index (χ2n) is 10.3. The molecular weight excluding hydrogens is 467 g/mol. The van der Waals surface area contributed by atoms with Crippen LogP contribution in [0.5, 0.6) is 0 Å². The molecule has 3 aliphatic heterocycles. The molecule has 3 aromatic heterocycles. The van der Waals surface area contributed by atoms with E-state index < -0.39 is 14.8 Å². The van der Waals surface area contributed by atoms with Gasteiger partial charge in [0.1, 0.15) is 0 Å². The molecule has 0 amide bonds. The number of nitrogens with zero attached hydrogens (tertiary/aromatic N) is 4. The number of hydrogen-bond donors (Lipinski definition) is 0. The molecule has 0 unspecified atom stereocenters. The maximum absolute atomic E-state index is 2.63. The zero-order valence-corrected chi connectivity index (χ0v) is 21.0. The Morgan fingerprint density at radius 2 is 0.838 bits per heavy atom. The fourth-order valence-electron chi connectivity index (χ4n) is 7.14. The Morgan fingerprint density at radius 3 is 1.46 bits per heavy atom. The first kappa shape index (κ1) is 18.8. The molecule has 0 N–H and O–H groups in total. The van der Waals surface area contributed by atoms with E-state index in [1.807, 2.05) is 0 Å². The smallest absolute Gasteiger partial charge is 0.401 e. The minimum absolute atomic E-state index is 1.23. The molecule has 0 aliphatic carbocycles. The van der Waals surface area contributed by atoms with E-state index in [0.29, 0.717) is 0 Å². The monoisotopic (exact) mass is 486 g/mol. The standard InChI is InChI=1S/C32H19N4.Al/c1-4-20-10-11-21-12-13-24-16-19-35-32(24)29(21)28(20)25(7-1)36(26-8-2-5-22-14-17-33-30(22)26)27-9-3-6-23-15-18-34-31(23)27;/h1-19H;/q-3;+3. The van der Waals surface area contributed by atoms with E-state index in [2.05, 4.69) is 131 Å². The minimum atomic E-state index is -2.05. The summed E-state index contributed by atoms with van der Waals surface area (Å²) in [6.45, 7) is 0. The third kappa shape index (κ3) is 2.10. The van der Waals surface area contributed by atoms with Gasteiger partial charge in [-0.2, -0.15) is 0 Å². The Kier molecular flexibility index (Phi) is 3.19. The predicted molar refractivity (Wildman–Crippen MR) is 155 cm³/mol. The van der Waals surface area contributed by atoms with Crippen LogP contribution in [0, 0.1) is 0 Å². The topological polar surface area (TPSA) is 18.0 Å². The molecule has 0 saturated heterocycles. The van der Waals surface area contributed by atoms with Crippen LogP contribution in [0.3, 0.4) is 0 Å². The zero-order valence-electron chi connectivity index (χ0n) is 19.8. The van der Waals surface area contributed by atoms with Gasteiger partial charge in [0, 0.05) is 16.3 Å². The van der Waals surface area contributed by atoms with Gasteiger partial charge >= 0.3 is 14.8 Å². The van der Waals surface area contributed by atoms with Crippen molar-refractivity contribution in [2.24, 2.45) is 0 Å². The molecule has 170 valence electrons. The molecule has 0 fully saturated rings. The summed E-state index contributed by atoms with van der Waals surface area (Å²) in [6, 6.07) is 36.4. The summed E-state index contributed by atoms with van der Waals surface area (Å²) in [6.07, 6.45) is 6.98. The first-order chi connectivity index (χ1) is 18.4. The Balaban J connectivity index is 1.60. The first-order valence-electron chi connectivity index (χ1n) is 12.8. The first-order valence-corrected chi connectivity index (χ1v) is 14.4. The van der Waals surface area contributed by atoms with Gasteiger partial charge in [-0.1, -0.05) is 60.7 Å². The van der Waals surface area contributed by atoms with Gasteiger partial charge in [0.2, 0.25) is 0 Å². The Hall–Kier alpha value is -4.43. The van der Waals surface area contributed by atoms with Crippen molar-refractivity contribution in [1.82, 2.24) is 10.7 Å². The van der Waals surface area contributed by atoms with Crippen LogP contribution in [-0.2, 0) is 0 Å². The molecule has 3 aliphatic rings. The molecule has 0 saturated carbocycles. The Bertz CT molecular complexity index is 2200. The fraction of sp³-hybridized carbons (Fsp3) is 0. The van der Waals surface area contributed by atoms with Gasteiger partial charge < -0.3 is 15.6 Å². The normalized spacial score (nSPS) is 13.8. The van der Waals surface area contributed by atoms with Gasteiger partial charge in [0.15, 0.2) is 0 Å². The maximum Gasteiger partial charge on any atom is 0.755 e. The molecule has 37 heavy (non-hydrogen) atoms. The largest absolute Gasteiger partial charge is 0.755 e. The molecule has 5 heteroatoms. The number of hydrogen-bond acceptors (Lipinski definition) is 1. The van der Waals surface area contributed by atoms with Crippen molar-refractivity contribution in [2.45, 2.75) is 0 Å². The van der Waals surface area contributed by atoms with Gasteiger partial charge in [-0.05, 0) is 81.9 Å². The molecule has 0 atom stereocenters. The fourth-order valence-corrected chi connectivity index (χ4v) is 10.2. The lowest BCUT2D eigenvalue weighted by molar-refractivity contribution is 1.01. The van der Waals surface area contributed by atoms with E-state index in [0.717, 1.165) is 0 Å². The summed E-state index contributed by atoms with van der Waals surface area (Å²) in [5.41, 5.74) is 7.67. The van der Waals surface area contributed by atoms with Crippen LogP contribution in [0.4, 0.5) is 17.1 Å². The van der Waals surface area contributed by atoms with Crippen molar-refractivity contribution < 1.29 is 0 Å². The van der Waals surface area contributed by atoms with Crippen molar-refractivity contribution in [2.75, 3.05) is 4.90 Å². The average molecular weight is 487 g/mol. The summed E-state index contributed by atoms with van der Waals surface area (Å²) >= 11 is -2.05. The average Bonchev–Trinajstić information content (AvgIpc) is 3.67. The van der Waals surface area contributed by atoms with Crippen molar-refractivity contribution in [3.63, 3.8) is 0 Å². The molecule has 2 bridgehead atoms. The number of anilines is 3. The molecule has 0 spiro atoms. The van der Waals surface area contributed by atoms with Crippen molar-refractivity contribution in [3.8, 4) is 0 Å². The van der Waals surface area contributed by atoms with Gasteiger partial charge in [0.25, 0.3) is 0 Å². The van der Waals surface area contributed by atoms with Crippen molar-refractivity contribution in [1.29, 1.82) is 0 Å². The number of rotatable bonds is 0. The third-order valence-corrected chi connectivity index (χ3v) is 11.4. The minimum Gasteiger partial charge on any atom is -0.401 e. The lowest BCUT2D eigenvalue weighted by atomic mass is 9.97. The number of para-hydroxylation sites is 2. The van der Waals surface area contributed by atoms with E-state index in [1.54, 1.807) is 0 Å². The molecule has 8 aromatic rings. The highest BCUT2D eigenvalue weighted by Crippen LogP contribution is 2.49. The molecule has 4 nitrogen and oxygen atoms in total. The lowest BCUT2D eigenvalue weighted by Gasteiger charge is -2.34. The van der Waals surface area contributed by atoms with E-state index in [4.69, 9.17) is 0 Å². The third-order valence-electron chi connectivity index (χ3n) is 8.59. The molecular formula is C32H19AlN4. The van der Waals surface area contributed by atoms with Crippen molar-refractivity contribution in [3.05, 3.63) is 116 Å². The van der Waals surface area contributed by atoms with Crippen LogP contribution in [-0.4, -0.2) is 25.5 Å². The van der Waals surface area contributed by atoms with Crippen LogP contribution in [0.2, 0.25) is 0 Å². The lowest BCUT2D eigenvalue weighted by Crippen LogP contribution is -2.41. The predicted octanol–water partition coefficient (Wildman–Crippen LogP) is 7.88. The highest BCUT2D eigenvalue weighted by molar-refractivity contribution is 6.58. The summed E-state index contributed by atoms with van der Waals surface area (Å²) in [5, 5.41) is 9.11. The Morgan fingerprint density at radius 1 is 0.378 bits per heavy atom. The summed E-state index contributed by atoms with van der Waals surface area (Å²) in [5.74, 6) is 0. The molecule has 5 aromatic carbocycles. The highest BCUT2D eigenvalue weighted by Gasteiger charge is 2.39. The zero-order chi connectivity index (χ0) is 23.8. The van der Waals surface area contributed by atoms with E-state index in [9.17, 15) is 0 Å². The van der Waals surface area contributed by atoms with Crippen LogP contribution in [0.15, 0.2) is 116 Å². The summed E-state index contributed by atoms with van der Waals surface area (Å²) < 4.78 is 7.82. The van der Waals surface area contributed by atoms with Crippen LogP contribution >= 0.6 is 0 Å². The second-order valence-corrected chi connectivity index (χ2v) is 12.7. The summed E-state index contributed by atoms with van der Waals surface area (Å²) in [4.78, 5) is 2.53. The molecule has 0 radical (unpaired) electrons. The summed E-state index contributed by atoms with van der Waals surface area (Å²) in [7, 11) is 0. The molecule has 11 rings (SSSR count). The molecule has 6 heterocycles. The second kappa shape index (κ2) is 6.28. The quantitative estimate of drug-likeness (QED) is 0.157. The maximum atomic E-state index is 2.63. The van der Waals surface area contributed by atoms with E-state index >= 15 is 0 Å². The van der Waals surface area contributed by atoms with Gasteiger partial charge in [-0.15, -0.1) is 0 Å².